The van der Waals surface area contributed by atoms with Crippen LogP contribution in [0, 0.1) is 5.41 Å². The van der Waals surface area contributed by atoms with Crippen LogP contribution < -0.4 is 0 Å². The van der Waals surface area contributed by atoms with Gasteiger partial charge in [-0.1, -0.05) is 0 Å². The van der Waals surface area contributed by atoms with E-state index in [0.717, 1.165) is 9.80 Å². The maximum absolute atomic E-state index is 12.1. The lowest BCUT2D eigenvalue weighted by atomic mass is 9.81. The molecule has 1 rings (SSSR count). The highest BCUT2D eigenvalue weighted by Gasteiger charge is 2.52. The molecule has 0 spiro atoms. The highest BCUT2D eigenvalue weighted by molar-refractivity contribution is 6.18. The third-order valence-corrected chi connectivity index (χ3v) is 3.17. The van der Waals surface area contributed by atoms with E-state index in [1.165, 1.54) is 14.0 Å². The molecule has 0 saturated carbocycles. The van der Waals surface area contributed by atoms with E-state index < -0.39 is 29.2 Å². The molecule has 1 fully saturated rings. The van der Waals surface area contributed by atoms with E-state index in [0.29, 0.717) is 0 Å². The molecule has 1 aliphatic heterocycles. The smallest absolute Gasteiger partial charge is 0.333 e. The third kappa shape index (κ3) is 2.07. The molecule has 0 aromatic rings. The van der Waals surface area contributed by atoms with Crippen LogP contribution in [-0.2, 0) is 14.4 Å². The average Bonchev–Trinajstić information content (AvgIpc) is 2.33. The summed E-state index contributed by atoms with van der Waals surface area (Å²) in [4.78, 5) is 48.2. The first-order chi connectivity index (χ1) is 8.25. The average molecular weight is 256 g/mol. The molecule has 0 aliphatic carbocycles. The highest BCUT2D eigenvalue weighted by atomic mass is 16.4. The molecule has 18 heavy (non-hydrogen) atoms. The highest BCUT2D eigenvalue weighted by Crippen LogP contribution is 2.32. The van der Waals surface area contributed by atoms with Gasteiger partial charge in [-0.3, -0.25) is 24.2 Å². The van der Waals surface area contributed by atoms with Gasteiger partial charge in [0.05, 0.1) is 0 Å². The number of barbiturate groups is 1. The van der Waals surface area contributed by atoms with Crippen molar-refractivity contribution in [1.82, 2.24) is 9.80 Å². The lowest BCUT2D eigenvalue weighted by Gasteiger charge is -2.40. The van der Waals surface area contributed by atoms with Crippen molar-refractivity contribution >= 4 is 23.8 Å². The number of urea groups is 1. The van der Waals surface area contributed by atoms with E-state index >= 15 is 0 Å². The largest absolute Gasteiger partial charge is 0.481 e. The Balaban J connectivity index is 3.08. The van der Waals surface area contributed by atoms with Gasteiger partial charge >= 0.3 is 12.0 Å². The standard InChI is InChI=1S/C11H16N2O5/c1-4-13-9(17)11(2,6-5-7(14)15)8(16)12(3)10(13)18/h4-6H2,1-3H3,(H,14,15). The van der Waals surface area contributed by atoms with Crippen molar-refractivity contribution in [2.45, 2.75) is 26.7 Å². The van der Waals surface area contributed by atoms with Gasteiger partial charge in [-0.05, 0) is 20.3 Å². The van der Waals surface area contributed by atoms with Gasteiger partial charge in [0.15, 0.2) is 0 Å². The first kappa shape index (κ1) is 14.1. The Kier molecular flexibility index (Phi) is 3.73. The van der Waals surface area contributed by atoms with Crippen LogP contribution >= 0.6 is 0 Å². The van der Waals surface area contributed by atoms with E-state index in [1.54, 1.807) is 6.92 Å². The molecule has 1 N–H and O–H groups in total. The fraction of sp³-hybridized carbons (Fsp3) is 0.636. The molecular weight excluding hydrogens is 240 g/mol. The van der Waals surface area contributed by atoms with Gasteiger partial charge in [0.1, 0.15) is 5.41 Å². The molecular formula is C11H16N2O5. The Morgan fingerprint density at radius 2 is 1.83 bits per heavy atom. The van der Waals surface area contributed by atoms with Gasteiger partial charge in [0.2, 0.25) is 11.8 Å². The van der Waals surface area contributed by atoms with Crippen molar-refractivity contribution in [3.8, 4) is 0 Å². The zero-order valence-electron chi connectivity index (χ0n) is 10.6. The molecule has 1 aliphatic rings. The van der Waals surface area contributed by atoms with Crippen LogP contribution in [0.15, 0.2) is 0 Å². The van der Waals surface area contributed by atoms with E-state index in [2.05, 4.69) is 0 Å². The van der Waals surface area contributed by atoms with Crippen LogP contribution in [0.25, 0.3) is 0 Å². The monoisotopic (exact) mass is 256 g/mol. The second-order valence-corrected chi connectivity index (χ2v) is 4.42. The fourth-order valence-electron chi connectivity index (χ4n) is 1.96. The first-order valence-electron chi connectivity index (χ1n) is 5.61. The molecule has 7 nitrogen and oxygen atoms in total. The summed E-state index contributed by atoms with van der Waals surface area (Å²) in [5.74, 6) is -2.36. The predicted molar refractivity (Wildman–Crippen MR) is 60.5 cm³/mol. The summed E-state index contributed by atoms with van der Waals surface area (Å²) in [6.07, 6.45) is -0.415. The molecule has 100 valence electrons. The number of amides is 4. The first-order valence-corrected chi connectivity index (χ1v) is 5.61. The Hall–Kier alpha value is -1.92. The van der Waals surface area contributed by atoms with Crippen LogP contribution in [0.4, 0.5) is 4.79 Å². The van der Waals surface area contributed by atoms with Crippen LogP contribution in [0.1, 0.15) is 26.7 Å². The molecule has 0 bridgehead atoms. The molecule has 1 heterocycles. The lowest BCUT2D eigenvalue weighted by Crippen LogP contribution is -2.63. The predicted octanol–water partition coefficient (Wildman–Crippen LogP) is 0.298. The van der Waals surface area contributed by atoms with Crippen molar-refractivity contribution < 1.29 is 24.3 Å². The topological polar surface area (TPSA) is 95.0 Å². The summed E-state index contributed by atoms with van der Waals surface area (Å²) < 4.78 is 0. The summed E-state index contributed by atoms with van der Waals surface area (Å²) in [6, 6.07) is -0.666. The Morgan fingerprint density at radius 1 is 1.28 bits per heavy atom. The maximum atomic E-state index is 12.1. The van der Waals surface area contributed by atoms with Crippen molar-refractivity contribution in [2.75, 3.05) is 13.6 Å². The van der Waals surface area contributed by atoms with Crippen LogP contribution in [-0.4, -0.2) is 52.3 Å². The van der Waals surface area contributed by atoms with E-state index in [-0.39, 0.29) is 19.4 Å². The third-order valence-electron chi connectivity index (χ3n) is 3.17. The number of aliphatic carboxylic acids is 1. The van der Waals surface area contributed by atoms with E-state index in [9.17, 15) is 19.2 Å². The maximum Gasteiger partial charge on any atom is 0.333 e. The Labute approximate surface area is 104 Å². The normalized spacial score (nSPS) is 24.7. The number of carboxylic acid groups (broad SMARTS) is 1. The Bertz CT molecular complexity index is 420. The van der Waals surface area contributed by atoms with Crippen molar-refractivity contribution in [2.24, 2.45) is 5.41 Å². The minimum absolute atomic E-state index is 0.117. The number of carbonyl (C=O) groups is 4. The van der Waals surface area contributed by atoms with E-state index in [4.69, 9.17) is 5.11 Å². The van der Waals surface area contributed by atoms with Crippen LogP contribution in [0.3, 0.4) is 0 Å². The lowest BCUT2D eigenvalue weighted by molar-refractivity contribution is -0.157. The second-order valence-electron chi connectivity index (χ2n) is 4.42. The minimum atomic E-state index is -1.48. The molecule has 0 aromatic heterocycles. The van der Waals surface area contributed by atoms with Crippen molar-refractivity contribution in [3.05, 3.63) is 0 Å². The van der Waals surface area contributed by atoms with Gasteiger partial charge in [-0.2, -0.15) is 0 Å². The molecule has 1 atom stereocenters. The summed E-state index contributed by atoms with van der Waals surface area (Å²) in [6.45, 7) is 3.15. The van der Waals surface area contributed by atoms with Gasteiger partial charge in [-0.25, -0.2) is 4.79 Å². The van der Waals surface area contributed by atoms with Crippen molar-refractivity contribution in [3.63, 3.8) is 0 Å². The molecule has 0 aromatic carbocycles. The minimum Gasteiger partial charge on any atom is -0.481 e. The number of carboxylic acids is 1. The number of imide groups is 2. The number of hydrogen-bond donors (Lipinski definition) is 1. The summed E-state index contributed by atoms with van der Waals surface area (Å²) in [7, 11) is 1.29. The van der Waals surface area contributed by atoms with Crippen LogP contribution in [0.2, 0.25) is 0 Å². The number of carbonyl (C=O) groups excluding carboxylic acids is 3. The Morgan fingerprint density at radius 3 is 2.28 bits per heavy atom. The van der Waals surface area contributed by atoms with E-state index in [1.807, 2.05) is 0 Å². The van der Waals surface area contributed by atoms with Gasteiger partial charge in [0, 0.05) is 20.0 Å². The molecule has 4 amide bonds. The zero-order valence-corrected chi connectivity index (χ0v) is 10.6. The van der Waals surface area contributed by atoms with Crippen LogP contribution in [0.5, 0.6) is 0 Å². The molecule has 7 heteroatoms. The number of rotatable bonds is 4. The summed E-state index contributed by atoms with van der Waals surface area (Å²) in [5.41, 5.74) is -1.48. The summed E-state index contributed by atoms with van der Waals surface area (Å²) in [5, 5.41) is 8.66. The fourth-order valence-corrected chi connectivity index (χ4v) is 1.96. The number of hydrogen-bond acceptors (Lipinski definition) is 4. The van der Waals surface area contributed by atoms with Gasteiger partial charge in [0.25, 0.3) is 0 Å². The molecule has 1 saturated heterocycles. The zero-order chi connectivity index (χ0) is 14.1. The number of nitrogens with zero attached hydrogens (tertiary/aromatic N) is 2. The summed E-state index contributed by atoms with van der Waals surface area (Å²) >= 11 is 0. The van der Waals surface area contributed by atoms with Crippen molar-refractivity contribution in [1.29, 1.82) is 0 Å². The quantitative estimate of drug-likeness (QED) is 0.730. The molecule has 0 radical (unpaired) electrons. The SMILES string of the molecule is CCN1C(=O)N(C)C(=O)C(C)(CCC(=O)O)C1=O. The van der Waals surface area contributed by atoms with Gasteiger partial charge < -0.3 is 5.11 Å². The van der Waals surface area contributed by atoms with Gasteiger partial charge in [-0.15, -0.1) is 0 Å². The molecule has 1 unspecified atom stereocenters. The second kappa shape index (κ2) is 4.75.